The van der Waals surface area contributed by atoms with Gasteiger partial charge in [-0.25, -0.2) is 14.3 Å². The van der Waals surface area contributed by atoms with Crippen LogP contribution in [0.15, 0.2) is 27.8 Å². The molecule has 3 aromatic rings. The maximum atomic E-state index is 11.6. The van der Waals surface area contributed by atoms with Crippen LogP contribution in [0.1, 0.15) is 0 Å². The number of fused-ring (bicyclic) bond motifs is 3. The first kappa shape index (κ1) is 9.17. The zero-order chi connectivity index (χ0) is 11.3. The molecule has 0 atom stereocenters. The molecule has 3 rings (SSSR count). The van der Waals surface area contributed by atoms with Crippen LogP contribution in [-0.4, -0.2) is 19.6 Å². The summed E-state index contributed by atoms with van der Waals surface area (Å²) in [5.74, 6) is 0. The summed E-state index contributed by atoms with van der Waals surface area (Å²) in [5, 5.41) is 6.34. The first-order chi connectivity index (χ1) is 7.66. The lowest BCUT2D eigenvalue weighted by atomic mass is 10.3. The van der Waals surface area contributed by atoms with E-state index in [0.29, 0.717) is 16.1 Å². The molecule has 2 N–H and O–H groups in total. The van der Waals surface area contributed by atoms with Gasteiger partial charge in [0.05, 0.1) is 11.0 Å². The average molecular weight is 237 g/mol. The molecule has 0 radical (unpaired) electrons. The van der Waals surface area contributed by atoms with Gasteiger partial charge in [0.1, 0.15) is 0 Å². The molecule has 0 amide bonds. The molecule has 2 aromatic heterocycles. The van der Waals surface area contributed by atoms with E-state index in [2.05, 4.69) is 15.2 Å². The SMILES string of the molecule is O=c1[nH]c2ccc(Cl)cc2n2c(=O)[nH]nc12. The molecule has 16 heavy (non-hydrogen) atoms. The van der Waals surface area contributed by atoms with Crippen molar-refractivity contribution in [2.24, 2.45) is 0 Å². The minimum Gasteiger partial charge on any atom is -0.317 e. The van der Waals surface area contributed by atoms with Gasteiger partial charge in [-0.15, -0.1) is 5.10 Å². The summed E-state index contributed by atoms with van der Waals surface area (Å²) in [6, 6.07) is 4.87. The second-order valence-electron chi connectivity index (χ2n) is 3.30. The van der Waals surface area contributed by atoms with Crippen LogP contribution in [0.5, 0.6) is 0 Å². The highest BCUT2D eigenvalue weighted by Gasteiger charge is 2.09. The van der Waals surface area contributed by atoms with Crippen molar-refractivity contribution in [3.05, 3.63) is 44.1 Å². The zero-order valence-corrected chi connectivity index (χ0v) is 8.58. The van der Waals surface area contributed by atoms with Gasteiger partial charge in [-0.1, -0.05) is 11.6 Å². The van der Waals surface area contributed by atoms with Crippen molar-refractivity contribution in [1.82, 2.24) is 19.6 Å². The Balaban J connectivity index is 2.75. The van der Waals surface area contributed by atoms with Crippen molar-refractivity contribution in [3.8, 4) is 0 Å². The number of aromatic amines is 2. The second kappa shape index (κ2) is 2.96. The lowest BCUT2D eigenvalue weighted by Gasteiger charge is -2.00. The molecule has 6 nitrogen and oxygen atoms in total. The Kier molecular flexibility index (Phi) is 1.69. The maximum Gasteiger partial charge on any atom is 0.348 e. The summed E-state index contributed by atoms with van der Waals surface area (Å²) in [7, 11) is 0. The molecule has 0 saturated carbocycles. The first-order valence-electron chi connectivity index (χ1n) is 4.45. The van der Waals surface area contributed by atoms with E-state index in [4.69, 9.17) is 11.6 Å². The fourth-order valence-corrected chi connectivity index (χ4v) is 1.81. The molecule has 0 aliphatic rings. The Hall–Kier alpha value is -2.08. The zero-order valence-electron chi connectivity index (χ0n) is 7.82. The van der Waals surface area contributed by atoms with E-state index in [1.807, 2.05) is 0 Å². The molecular weight excluding hydrogens is 232 g/mol. The molecule has 2 heterocycles. The number of hydrogen-bond acceptors (Lipinski definition) is 3. The summed E-state index contributed by atoms with van der Waals surface area (Å²) in [6.45, 7) is 0. The van der Waals surface area contributed by atoms with E-state index < -0.39 is 11.2 Å². The number of nitrogens with one attached hydrogen (secondary N) is 2. The minimum absolute atomic E-state index is 0.0276. The molecule has 0 fully saturated rings. The second-order valence-corrected chi connectivity index (χ2v) is 3.74. The van der Waals surface area contributed by atoms with Gasteiger partial charge in [0, 0.05) is 5.02 Å². The molecule has 80 valence electrons. The van der Waals surface area contributed by atoms with Crippen LogP contribution in [0.25, 0.3) is 16.7 Å². The largest absolute Gasteiger partial charge is 0.348 e. The highest BCUT2D eigenvalue weighted by molar-refractivity contribution is 6.31. The highest BCUT2D eigenvalue weighted by atomic mass is 35.5. The lowest BCUT2D eigenvalue weighted by molar-refractivity contribution is 1.04. The topological polar surface area (TPSA) is 83.0 Å². The summed E-state index contributed by atoms with van der Waals surface area (Å²) < 4.78 is 1.19. The Morgan fingerprint density at radius 1 is 1.31 bits per heavy atom. The van der Waals surface area contributed by atoms with Gasteiger partial charge in [0.25, 0.3) is 5.56 Å². The average Bonchev–Trinajstić information content (AvgIpc) is 2.63. The number of aromatic nitrogens is 4. The van der Waals surface area contributed by atoms with Crippen molar-refractivity contribution < 1.29 is 0 Å². The fraction of sp³-hybridized carbons (Fsp3) is 0. The van der Waals surface area contributed by atoms with Crippen molar-refractivity contribution in [1.29, 1.82) is 0 Å². The molecule has 0 unspecified atom stereocenters. The van der Waals surface area contributed by atoms with Gasteiger partial charge >= 0.3 is 5.69 Å². The lowest BCUT2D eigenvalue weighted by Crippen LogP contribution is -2.16. The summed E-state index contributed by atoms with van der Waals surface area (Å²) in [6.07, 6.45) is 0. The van der Waals surface area contributed by atoms with Crippen molar-refractivity contribution >= 4 is 28.3 Å². The highest BCUT2D eigenvalue weighted by Crippen LogP contribution is 2.15. The van der Waals surface area contributed by atoms with E-state index >= 15 is 0 Å². The third-order valence-corrected chi connectivity index (χ3v) is 2.56. The van der Waals surface area contributed by atoms with E-state index in [0.717, 1.165) is 0 Å². The van der Waals surface area contributed by atoms with Gasteiger partial charge in [-0.05, 0) is 18.2 Å². The third kappa shape index (κ3) is 1.10. The quantitative estimate of drug-likeness (QED) is 0.597. The smallest absolute Gasteiger partial charge is 0.317 e. The van der Waals surface area contributed by atoms with E-state index in [1.54, 1.807) is 18.2 Å². The van der Waals surface area contributed by atoms with E-state index in [-0.39, 0.29) is 5.65 Å². The number of nitrogens with zero attached hydrogens (tertiary/aromatic N) is 2. The number of hydrogen-bond donors (Lipinski definition) is 2. The molecular formula is C9H5ClN4O2. The predicted octanol–water partition coefficient (Wildman–Crippen LogP) is 0.517. The van der Waals surface area contributed by atoms with Crippen molar-refractivity contribution in [2.75, 3.05) is 0 Å². The predicted molar refractivity (Wildman–Crippen MR) is 58.9 cm³/mol. The number of benzene rings is 1. The van der Waals surface area contributed by atoms with Crippen molar-refractivity contribution in [3.63, 3.8) is 0 Å². The molecule has 0 aliphatic heterocycles. The number of halogens is 1. The molecule has 1 aromatic carbocycles. The summed E-state index contributed by atoms with van der Waals surface area (Å²) in [5.41, 5.74) is 0.188. The van der Waals surface area contributed by atoms with Gasteiger partial charge in [0.15, 0.2) is 0 Å². The Labute approximate surface area is 92.5 Å². The summed E-state index contributed by atoms with van der Waals surface area (Å²) >= 11 is 5.84. The van der Waals surface area contributed by atoms with E-state index in [9.17, 15) is 9.59 Å². The Bertz CT molecular complexity index is 814. The number of H-pyrrole nitrogens is 2. The Morgan fingerprint density at radius 3 is 2.94 bits per heavy atom. The molecule has 7 heteroatoms. The van der Waals surface area contributed by atoms with Crippen LogP contribution in [0.4, 0.5) is 0 Å². The summed E-state index contributed by atoms with van der Waals surface area (Å²) in [4.78, 5) is 25.7. The monoisotopic (exact) mass is 236 g/mol. The normalized spacial score (nSPS) is 11.3. The minimum atomic E-state index is -0.464. The van der Waals surface area contributed by atoms with Crippen molar-refractivity contribution in [2.45, 2.75) is 0 Å². The van der Waals surface area contributed by atoms with Crippen LogP contribution in [0.3, 0.4) is 0 Å². The van der Waals surface area contributed by atoms with Gasteiger partial charge in [-0.3, -0.25) is 4.79 Å². The molecule has 0 bridgehead atoms. The van der Waals surface area contributed by atoms with Gasteiger partial charge in [0.2, 0.25) is 5.65 Å². The van der Waals surface area contributed by atoms with Gasteiger partial charge in [-0.2, -0.15) is 0 Å². The molecule has 0 aliphatic carbocycles. The van der Waals surface area contributed by atoms with Crippen LogP contribution in [-0.2, 0) is 0 Å². The standard InChI is InChI=1S/C9H5ClN4O2/c10-4-1-2-5-6(3-4)14-7(8(15)11-5)12-13-9(14)16/h1-3H,(H,11,15)(H,13,16). The third-order valence-electron chi connectivity index (χ3n) is 2.32. The maximum absolute atomic E-state index is 11.6. The van der Waals surface area contributed by atoms with Crippen LogP contribution >= 0.6 is 11.6 Å². The van der Waals surface area contributed by atoms with Crippen LogP contribution in [0, 0.1) is 0 Å². The van der Waals surface area contributed by atoms with E-state index in [1.165, 1.54) is 4.40 Å². The van der Waals surface area contributed by atoms with Crippen LogP contribution < -0.4 is 11.2 Å². The fourth-order valence-electron chi connectivity index (χ4n) is 1.65. The first-order valence-corrected chi connectivity index (χ1v) is 4.83. The van der Waals surface area contributed by atoms with Gasteiger partial charge < -0.3 is 4.98 Å². The Morgan fingerprint density at radius 2 is 2.12 bits per heavy atom. The van der Waals surface area contributed by atoms with Crippen LogP contribution in [0.2, 0.25) is 5.02 Å². The number of rotatable bonds is 0. The molecule has 0 saturated heterocycles. The molecule has 0 spiro atoms.